The van der Waals surface area contributed by atoms with Crippen molar-refractivity contribution in [2.24, 2.45) is 5.10 Å². The lowest BCUT2D eigenvalue weighted by Crippen LogP contribution is -2.33. The second-order valence-electron chi connectivity index (χ2n) is 4.58. The molecule has 0 radical (unpaired) electrons. The molecule has 0 unspecified atom stereocenters. The van der Waals surface area contributed by atoms with Gasteiger partial charge in [0.25, 0.3) is 5.91 Å². The highest BCUT2D eigenvalue weighted by molar-refractivity contribution is 9.10. The third kappa shape index (κ3) is 5.23. The third-order valence-electron chi connectivity index (χ3n) is 2.86. The van der Waals surface area contributed by atoms with Gasteiger partial charge in [0.05, 0.1) is 16.3 Å². The maximum absolute atomic E-state index is 11.9. The summed E-state index contributed by atoms with van der Waals surface area (Å²) in [5, 5.41) is 4.77. The fourth-order valence-corrected chi connectivity index (χ4v) is 2.42. The van der Waals surface area contributed by atoms with Crippen molar-refractivity contribution in [3.05, 3.63) is 62.5 Å². The molecular formula is C16H13BrCl2N2O2. The summed E-state index contributed by atoms with van der Waals surface area (Å²) in [6.45, 7) is 1.63. The average molecular weight is 416 g/mol. The smallest absolute Gasteiger partial charge is 0.280 e. The van der Waals surface area contributed by atoms with Crippen molar-refractivity contribution in [2.45, 2.75) is 13.0 Å². The van der Waals surface area contributed by atoms with Crippen molar-refractivity contribution in [1.82, 2.24) is 5.43 Å². The predicted octanol–water partition coefficient (Wildman–Crippen LogP) is 4.67. The van der Waals surface area contributed by atoms with Crippen LogP contribution >= 0.6 is 39.1 Å². The molecule has 1 N–H and O–H groups in total. The van der Waals surface area contributed by atoms with Gasteiger partial charge >= 0.3 is 0 Å². The molecule has 0 aromatic heterocycles. The first-order valence-corrected chi connectivity index (χ1v) is 8.21. The lowest BCUT2D eigenvalue weighted by molar-refractivity contribution is -0.127. The maximum Gasteiger partial charge on any atom is 0.280 e. The van der Waals surface area contributed by atoms with E-state index in [2.05, 4.69) is 26.5 Å². The SMILES string of the molecule is C[C@H](Oc1ccc(Br)cc1)C(=O)NN=Cc1c(Cl)cccc1Cl. The summed E-state index contributed by atoms with van der Waals surface area (Å²) in [5.41, 5.74) is 2.94. The quantitative estimate of drug-likeness (QED) is 0.569. The van der Waals surface area contributed by atoms with E-state index in [-0.39, 0.29) is 5.91 Å². The lowest BCUT2D eigenvalue weighted by Gasteiger charge is -2.12. The first-order chi connectivity index (χ1) is 11.0. The van der Waals surface area contributed by atoms with Crippen LogP contribution in [0.15, 0.2) is 52.0 Å². The van der Waals surface area contributed by atoms with Crippen molar-refractivity contribution >= 4 is 51.3 Å². The Bertz CT molecular complexity index is 700. The standard InChI is InChI=1S/C16H13BrCl2N2O2/c1-10(23-12-7-5-11(17)6-8-12)16(22)21-20-9-13-14(18)3-2-4-15(13)19/h2-10H,1H3,(H,21,22)/t10-/m0/s1. The summed E-state index contributed by atoms with van der Waals surface area (Å²) in [6, 6.07) is 12.3. The maximum atomic E-state index is 11.9. The summed E-state index contributed by atoms with van der Waals surface area (Å²) in [5.74, 6) is 0.210. The van der Waals surface area contributed by atoms with E-state index < -0.39 is 6.10 Å². The minimum absolute atomic E-state index is 0.382. The Kier molecular flexibility index (Phi) is 6.45. The number of halogens is 3. The molecule has 1 atom stereocenters. The Hall–Kier alpha value is -1.56. The topological polar surface area (TPSA) is 50.7 Å². The van der Waals surface area contributed by atoms with Crippen molar-refractivity contribution in [3.8, 4) is 5.75 Å². The second kappa shape index (κ2) is 8.34. The van der Waals surface area contributed by atoms with E-state index in [0.717, 1.165) is 4.47 Å². The van der Waals surface area contributed by atoms with Gasteiger partial charge in [-0.3, -0.25) is 4.79 Å². The molecule has 23 heavy (non-hydrogen) atoms. The van der Waals surface area contributed by atoms with Crippen molar-refractivity contribution in [3.63, 3.8) is 0 Å². The number of carbonyl (C=O) groups excluding carboxylic acids is 1. The molecule has 2 aromatic carbocycles. The second-order valence-corrected chi connectivity index (χ2v) is 6.31. The van der Waals surface area contributed by atoms with Crippen molar-refractivity contribution in [1.29, 1.82) is 0 Å². The monoisotopic (exact) mass is 414 g/mol. The van der Waals surface area contributed by atoms with Crippen LogP contribution in [0.1, 0.15) is 12.5 Å². The van der Waals surface area contributed by atoms with Gasteiger partial charge in [0.2, 0.25) is 0 Å². The van der Waals surface area contributed by atoms with Crippen LogP contribution in [0.25, 0.3) is 0 Å². The van der Waals surface area contributed by atoms with Crippen LogP contribution in [0.4, 0.5) is 0 Å². The molecule has 0 aliphatic carbocycles. The molecule has 2 aromatic rings. The number of ether oxygens (including phenoxy) is 1. The lowest BCUT2D eigenvalue weighted by atomic mass is 10.2. The zero-order valence-electron chi connectivity index (χ0n) is 12.1. The molecule has 0 fully saturated rings. The first kappa shape index (κ1) is 17.8. The minimum Gasteiger partial charge on any atom is -0.481 e. The Labute approximate surface area is 152 Å². The number of hydrogen-bond donors (Lipinski definition) is 1. The number of carbonyl (C=O) groups is 1. The van der Waals surface area contributed by atoms with E-state index in [4.69, 9.17) is 27.9 Å². The van der Waals surface area contributed by atoms with Crippen LogP contribution in [-0.4, -0.2) is 18.2 Å². The van der Waals surface area contributed by atoms with Crippen LogP contribution < -0.4 is 10.2 Å². The molecule has 1 amide bonds. The van der Waals surface area contributed by atoms with E-state index in [1.54, 1.807) is 37.3 Å². The molecule has 0 aliphatic heterocycles. The fraction of sp³-hybridized carbons (Fsp3) is 0.125. The minimum atomic E-state index is -0.699. The largest absolute Gasteiger partial charge is 0.481 e. The third-order valence-corrected chi connectivity index (χ3v) is 4.05. The van der Waals surface area contributed by atoms with Crippen LogP contribution in [0.2, 0.25) is 10.0 Å². The molecule has 0 bridgehead atoms. The molecule has 2 rings (SSSR count). The summed E-state index contributed by atoms with van der Waals surface area (Å²) >= 11 is 15.4. The molecule has 0 saturated carbocycles. The molecule has 0 spiro atoms. The number of hydrogen-bond acceptors (Lipinski definition) is 3. The highest BCUT2D eigenvalue weighted by atomic mass is 79.9. The predicted molar refractivity (Wildman–Crippen MR) is 96.4 cm³/mol. The number of benzene rings is 2. The average Bonchev–Trinajstić information content (AvgIpc) is 2.52. The first-order valence-electron chi connectivity index (χ1n) is 6.66. The Morgan fingerprint density at radius 2 is 1.83 bits per heavy atom. The van der Waals surface area contributed by atoms with Gasteiger partial charge in [-0.1, -0.05) is 45.2 Å². The highest BCUT2D eigenvalue weighted by Crippen LogP contribution is 2.22. The summed E-state index contributed by atoms with van der Waals surface area (Å²) in [6.07, 6.45) is 0.699. The van der Waals surface area contributed by atoms with Crippen LogP contribution in [0.3, 0.4) is 0 Å². The number of hydrazone groups is 1. The highest BCUT2D eigenvalue weighted by Gasteiger charge is 2.14. The molecule has 7 heteroatoms. The van der Waals surface area contributed by atoms with Gasteiger partial charge in [-0.05, 0) is 43.3 Å². The van der Waals surface area contributed by atoms with E-state index >= 15 is 0 Å². The van der Waals surface area contributed by atoms with Gasteiger partial charge in [0.15, 0.2) is 6.10 Å². The van der Waals surface area contributed by atoms with Gasteiger partial charge in [0, 0.05) is 10.0 Å². The summed E-state index contributed by atoms with van der Waals surface area (Å²) < 4.78 is 6.46. The molecule has 120 valence electrons. The zero-order chi connectivity index (χ0) is 16.8. The van der Waals surface area contributed by atoms with Crippen LogP contribution in [0, 0.1) is 0 Å². The molecule has 0 heterocycles. The van der Waals surface area contributed by atoms with Gasteiger partial charge in [-0.2, -0.15) is 5.10 Å². The fourth-order valence-electron chi connectivity index (χ4n) is 1.66. The van der Waals surface area contributed by atoms with Crippen molar-refractivity contribution in [2.75, 3.05) is 0 Å². The van der Waals surface area contributed by atoms with Gasteiger partial charge in [-0.15, -0.1) is 0 Å². The summed E-state index contributed by atoms with van der Waals surface area (Å²) in [4.78, 5) is 11.9. The molecule has 0 saturated heterocycles. The normalized spacial score (nSPS) is 12.2. The van der Waals surface area contributed by atoms with Gasteiger partial charge in [0.1, 0.15) is 5.75 Å². The van der Waals surface area contributed by atoms with Gasteiger partial charge in [-0.25, -0.2) is 5.43 Å². The van der Waals surface area contributed by atoms with E-state index in [1.807, 2.05) is 12.1 Å². The Balaban J connectivity index is 1.93. The number of rotatable bonds is 5. The molecule has 4 nitrogen and oxygen atoms in total. The van der Waals surface area contributed by atoms with E-state index in [9.17, 15) is 4.79 Å². The van der Waals surface area contributed by atoms with Crippen molar-refractivity contribution < 1.29 is 9.53 Å². The van der Waals surface area contributed by atoms with Gasteiger partial charge < -0.3 is 4.74 Å². The zero-order valence-corrected chi connectivity index (χ0v) is 15.2. The number of amides is 1. The number of nitrogens with zero attached hydrogens (tertiary/aromatic N) is 1. The Morgan fingerprint density at radius 3 is 2.43 bits per heavy atom. The number of nitrogens with one attached hydrogen (secondary N) is 1. The van der Waals surface area contributed by atoms with E-state index in [1.165, 1.54) is 6.21 Å². The van der Waals surface area contributed by atoms with Crippen LogP contribution in [0.5, 0.6) is 5.75 Å². The van der Waals surface area contributed by atoms with Crippen LogP contribution in [-0.2, 0) is 4.79 Å². The summed E-state index contributed by atoms with van der Waals surface area (Å²) in [7, 11) is 0. The molecule has 0 aliphatic rings. The van der Waals surface area contributed by atoms with E-state index in [0.29, 0.717) is 21.4 Å². The molecular weight excluding hydrogens is 403 g/mol. The Morgan fingerprint density at radius 1 is 1.22 bits per heavy atom.